The van der Waals surface area contributed by atoms with Gasteiger partial charge in [-0.15, -0.1) is 0 Å². The van der Waals surface area contributed by atoms with E-state index in [2.05, 4.69) is 19.9 Å². The summed E-state index contributed by atoms with van der Waals surface area (Å²) in [5.74, 6) is -1.01. The van der Waals surface area contributed by atoms with Crippen LogP contribution in [-0.2, 0) is 0 Å². The molecule has 4 nitrogen and oxygen atoms in total. The van der Waals surface area contributed by atoms with Gasteiger partial charge in [0, 0.05) is 33.2 Å². The van der Waals surface area contributed by atoms with Gasteiger partial charge in [-0.2, -0.15) is 0 Å². The molecule has 0 atom stereocenters. The Balaban J connectivity index is 1.65. The summed E-state index contributed by atoms with van der Waals surface area (Å²) in [6, 6.07) is 19.0. The fourth-order valence-electron chi connectivity index (χ4n) is 3.93. The molecule has 8 bridgehead atoms. The van der Waals surface area contributed by atoms with Crippen LogP contribution in [0.15, 0.2) is 66.7 Å². The third kappa shape index (κ3) is 3.41. The predicted molar refractivity (Wildman–Crippen MR) is 123 cm³/mol. The molecular weight excluding hydrogens is 406 g/mol. The molecule has 0 saturated carbocycles. The molecule has 2 aliphatic heterocycles. The molecule has 6 rings (SSSR count). The lowest BCUT2D eigenvalue weighted by atomic mass is 10.0. The van der Waals surface area contributed by atoms with Crippen molar-refractivity contribution in [2.75, 3.05) is 0 Å². The van der Waals surface area contributed by atoms with E-state index in [1.807, 2.05) is 54.6 Å². The molecule has 0 saturated heterocycles. The first kappa shape index (κ1) is 18.4. The van der Waals surface area contributed by atoms with Crippen molar-refractivity contribution in [3.05, 3.63) is 107 Å². The Morgan fingerprint density at radius 1 is 0.594 bits per heavy atom. The van der Waals surface area contributed by atoms with Crippen LogP contribution in [0.1, 0.15) is 28.3 Å². The second-order valence-electron chi connectivity index (χ2n) is 7.71. The second kappa shape index (κ2) is 7.13. The number of aromatic amines is 2. The average Bonchev–Trinajstić information content (AvgIpc) is 3.55. The zero-order valence-electron chi connectivity index (χ0n) is 16.7. The Kier molecular flexibility index (Phi) is 4.11. The zero-order valence-corrected chi connectivity index (χ0v) is 16.7. The Morgan fingerprint density at radius 2 is 1.22 bits per heavy atom. The lowest BCUT2D eigenvalue weighted by molar-refractivity contribution is 0.597. The average molecular weight is 422 g/mol. The van der Waals surface area contributed by atoms with E-state index in [-0.39, 0.29) is 5.56 Å². The summed E-state index contributed by atoms with van der Waals surface area (Å²) in [6.45, 7) is 0. The number of benzene rings is 1. The Morgan fingerprint density at radius 3 is 1.94 bits per heavy atom. The van der Waals surface area contributed by atoms with Crippen LogP contribution in [0, 0.1) is 11.6 Å². The number of hydrogen-bond donors (Lipinski definition) is 2. The fourth-order valence-corrected chi connectivity index (χ4v) is 3.93. The quantitative estimate of drug-likeness (QED) is 0.324. The van der Waals surface area contributed by atoms with Crippen LogP contribution in [0.25, 0.3) is 45.9 Å². The fraction of sp³-hybridized carbons (Fsp3) is 0. The van der Waals surface area contributed by atoms with Gasteiger partial charge in [-0.3, -0.25) is 0 Å². The van der Waals surface area contributed by atoms with Gasteiger partial charge in [0.15, 0.2) is 0 Å². The maximum Gasteiger partial charge on any atom is 0.131 e. The van der Waals surface area contributed by atoms with Gasteiger partial charge < -0.3 is 9.97 Å². The van der Waals surface area contributed by atoms with Crippen LogP contribution in [0.4, 0.5) is 8.78 Å². The highest BCUT2D eigenvalue weighted by Gasteiger charge is 2.17. The summed E-state index contributed by atoms with van der Waals surface area (Å²) in [5, 5.41) is 0. The van der Waals surface area contributed by atoms with Crippen molar-refractivity contribution in [1.82, 2.24) is 19.9 Å². The topological polar surface area (TPSA) is 57.4 Å². The van der Waals surface area contributed by atoms with Gasteiger partial charge in [0.2, 0.25) is 0 Å². The van der Waals surface area contributed by atoms with Crippen molar-refractivity contribution in [2.45, 2.75) is 0 Å². The molecule has 0 unspecified atom stereocenters. The van der Waals surface area contributed by atoms with E-state index < -0.39 is 11.6 Å². The van der Waals surface area contributed by atoms with E-state index in [1.165, 1.54) is 6.07 Å². The number of H-pyrrole nitrogens is 2. The third-order valence-electron chi connectivity index (χ3n) is 5.38. The van der Waals surface area contributed by atoms with Crippen LogP contribution >= 0.6 is 0 Å². The van der Waals surface area contributed by atoms with Crippen molar-refractivity contribution in [2.24, 2.45) is 0 Å². The maximum absolute atomic E-state index is 14.6. The first-order chi connectivity index (χ1) is 15.6. The first-order valence-electron chi connectivity index (χ1n) is 10.1. The molecule has 4 aromatic rings. The predicted octanol–water partition coefficient (Wildman–Crippen LogP) is 6.35. The van der Waals surface area contributed by atoms with Crippen LogP contribution in [0.2, 0.25) is 0 Å². The molecule has 32 heavy (non-hydrogen) atoms. The molecule has 154 valence electrons. The molecule has 0 fully saturated rings. The number of fused-ring (bicyclic) bond motifs is 8. The molecular formula is C26H16F2N4. The molecule has 0 spiro atoms. The van der Waals surface area contributed by atoms with Crippen molar-refractivity contribution >= 4 is 45.9 Å². The second-order valence-corrected chi connectivity index (χ2v) is 7.71. The number of aromatic nitrogens is 4. The molecule has 0 amide bonds. The number of rotatable bonds is 1. The molecule has 1 aromatic carbocycles. The minimum atomic E-state index is -0.505. The highest BCUT2D eigenvalue weighted by molar-refractivity contribution is 5.93. The monoisotopic (exact) mass is 422 g/mol. The highest BCUT2D eigenvalue weighted by atomic mass is 19.1. The molecule has 3 aromatic heterocycles. The van der Waals surface area contributed by atoms with E-state index >= 15 is 0 Å². The van der Waals surface area contributed by atoms with E-state index in [0.717, 1.165) is 39.9 Å². The Hall–Kier alpha value is -4.32. The van der Waals surface area contributed by atoms with Crippen LogP contribution in [0.5, 0.6) is 0 Å². The van der Waals surface area contributed by atoms with E-state index in [9.17, 15) is 8.78 Å². The molecule has 6 heteroatoms. The largest absolute Gasteiger partial charge is 0.355 e. The summed E-state index contributed by atoms with van der Waals surface area (Å²) < 4.78 is 28.5. The summed E-state index contributed by atoms with van der Waals surface area (Å²) in [6.07, 6.45) is 5.54. The maximum atomic E-state index is 14.6. The van der Waals surface area contributed by atoms with Crippen molar-refractivity contribution in [3.63, 3.8) is 0 Å². The minimum absolute atomic E-state index is 0.166. The molecule has 5 heterocycles. The van der Waals surface area contributed by atoms with Crippen molar-refractivity contribution < 1.29 is 8.78 Å². The lowest BCUT2D eigenvalue weighted by Crippen LogP contribution is -1.92. The van der Waals surface area contributed by atoms with E-state index in [0.29, 0.717) is 22.7 Å². The summed E-state index contributed by atoms with van der Waals surface area (Å²) >= 11 is 0. The number of hydrogen-bond acceptors (Lipinski definition) is 2. The van der Waals surface area contributed by atoms with Crippen molar-refractivity contribution in [1.29, 1.82) is 0 Å². The number of nitrogens with zero attached hydrogens (tertiary/aromatic N) is 2. The van der Waals surface area contributed by atoms with Crippen LogP contribution in [-0.4, -0.2) is 19.9 Å². The summed E-state index contributed by atoms with van der Waals surface area (Å²) in [7, 11) is 0. The van der Waals surface area contributed by atoms with Gasteiger partial charge in [-0.1, -0.05) is 0 Å². The highest BCUT2D eigenvalue weighted by Crippen LogP contribution is 2.31. The molecule has 0 radical (unpaired) electrons. The van der Waals surface area contributed by atoms with Gasteiger partial charge in [0.1, 0.15) is 11.6 Å². The minimum Gasteiger partial charge on any atom is -0.355 e. The summed E-state index contributed by atoms with van der Waals surface area (Å²) in [4.78, 5) is 16.0. The SMILES string of the molecule is Fc1ccc(F)c(C2=Cc3cc4ccc(cc5ccc(cc6nc(cc2n3)C=C6)[nH]5)[nH]4)c1. The van der Waals surface area contributed by atoms with E-state index in [4.69, 9.17) is 0 Å². The Labute approximate surface area is 181 Å². The smallest absolute Gasteiger partial charge is 0.131 e. The van der Waals surface area contributed by atoms with Gasteiger partial charge in [-0.05, 0) is 85.0 Å². The van der Waals surface area contributed by atoms with Gasteiger partial charge in [0.25, 0.3) is 0 Å². The standard InChI is InChI=1S/C26H16F2N4/c27-15-1-8-25(28)23(9-15)24-13-22-12-20-5-4-18(30-20)10-16-2-3-17(29-16)11-19-6-7-21(31-19)14-26(24)32-22/h1-14,29-30H. The summed E-state index contributed by atoms with van der Waals surface area (Å²) in [5.41, 5.74) is 6.99. The molecule has 0 aliphatic carbocycles. The van der Waals surface area contributed by atoms with Crippen LogP contribution in [0.3, 0.4) is 0 Å². The zero-order chi connectivity index (χ0) is 21.7. The van der Waals surface area contributed by atoms with Crippen molar-refractivity contribution in [3.8, 4) is 0 Å². The van der Waals surface area contributed by atoms with Gasteiger partial charge in [-0.25, -0.2) is 18.7 Å². The van der Waals surface area contributed by atoms with Gasteiger partial charge in [0.05, 0.1) is 22.8 Å². The third-order valence-corrected chi connectivity index (χ3v) is 5.38. The molecule has 2 aliphatic rings. The number of halogens is 2. The molecule has 2 N–H and O–H groups in total. The van der Waals surface area contributed by atoms with Crippen LogP contribution < -0.4 is 0 Å². The van der Waals surface area contributed by atoms with Gasteiger partial charge >= 0.3 is 0 Å². The normalized spacial score (nSPS) is 12.8. The lowest BCUT2D eigenvalue weighted by Gasteiger charge is -2.04. The Bertz CT molecular complexity index is 1610. The first-order valence-corrected chi connectivity index (χ1v) is 10.1. The number of nitrogens with one attached hydrogen (secondary N) is 2. The van der Waals surface area contributed by atoms with E-state index in [1.54, 1.807) is 12.1 Å².